The lowest BCUT2D eigenvalue weighted by molar-refractivity contribution is 0.103. The molecule has 1 heterocycles. The molecule has 0 spiro atoms. The number of carbonyl (C=O) groups excluding carboxylic acids is 1. The van der Waals surface area contributed by atoms with E-state index in [0.717, 1.165) is 17.7 Å². The molecule has 0 aliphatic carbocycles. The molecule has 2 N–H and O–H groups in total. The first-order chi connectivity index (χ1) is 8.49. The van der Waals surface area contributed by atoms with Gasteiger partial charge in [-0.1, -0.05) is 0 Å². The van der Waals surface area contributed by atoms with E-state index in [9.17, 15) is 13.6 Å². The van der Waals surface area contributed by atoms with Gasteiger partial charge in [-0.25, -0.2) is 13.8 Å². The molecule has 1 aromatic heterocycles. The summed E-state index contributed by atoms with van der Waals surface area (Å²) in [6, 6.07) is 4.30. The number of hydrogen-bond acceptors (Lipinski definition) is 3. The van der Waals surface area contributed by atoms with E-state index in [2.05, 4.69) is 4.98 Å². The predicted octanol–water partition coefficient (Wildman–Crippen LogP) is 2.48. The van der Waals surface area contributed by atoms with E-state index in [1.807, 2.05) is 0 Å². The lowest BCUT2D eigenvalue weighted by Gasteiger charge is -2.06. The molecule has 3 nitrogen and oxygen atoms in total. The summed E-state index contributed by atoms with van der Waals surface area (Å²) < 4.78 is 26.3. The predicted molar refractivity (Wildman–Crippen MR) is 63.2 cm³/mol. The minimum atomic E-state index is -0.916. The van der Waals surface area contributed by atoms with E-state index < -0.39 is 17.4 Å². The summed E-state index contributed by atoms with van der Waals surface area (Å²) in [5.41, 5.74) is 6.20. The van der Waals surface area contributed by atoms with E-state index in [-0.39, 0.29) is 16.9 Å². The first-order valence-corrected chi connectivity index (χ1v) is 5.21. The molecule has 0 unspecified atom stereocenters. The highest BCUT2D eigenvalue weighted by Gasteiger charge is 2.17. The van der Waals surface area contributed by atoms with Gasteiger partial charge < -0.3 is 5.73 Å². The molecule has 0 aliphatic rings. The Morgan fingerprint density at radius 3 is 2.61 bits per heavy atom. The standard InChI is InChI=1S/C13H10F2N2O/c1-7-4-10(13(16)17-6-7)12(18)9-3-2-8(14)5-11(9)15/h2-6H,1H3,(H2,16,17). The Morgan fingerprint density at radius 2 is 1.94 bits per heavy atom. The largest absolute Gasteiger partial charge is 0.383 e. The zero-order chi connectivity index (χ0) is 13.3. The number of carbonyl (C=O) groups is 1. The van der Waals surface area contributed by atoms with Crippen LogP contribution in [0.25, 0.3) is 0 Å². The summed E-state index contributed by atoms with van der Waals surface area (Å²) in [6.07, 6.45) is 1.51. The van der Waals surface area contributed by atoms with Gasteiger partial charge in [0.15, 0.2) is 5.78 Å². The zero-order valence-electron chi connectivity index (χ0n) is 9.58. The SMILES string of the molecule is Cc1cnc(N)c(C(=O)c2ccc(F)cc2F)c1. The first-order valence-electron chi connectivity index (χ1n) is 5.21. The summed E-state index contributed by atoms with van der Waals surface area (Å²) in [5.74, 6) is -2.24. The van der Waals surface area contributed by atoms with E-state index >= 15 is 0 Å². The Bertz CT molecular complexity index is 626. The topological polar surface area (TPSA) is 56.0 Å². The zero-order valence-corrected chi connectivity index (χ0v) is 9.58. The van der Waals surface area contributed by atoms with Crippen LogP contribution in [0.4, 0.5) is 14.6 Å². The van der Waals surface area contributed by atoms with Crippen LogP contribution in [-0.2, 0) is 0 Å². The van der Waals surface area contributed by atoms with Gasteiger partial charge >= 0.3 is 0 Å². The number of nitrogen functional groups attached to an aromatic ring is 1. The van der Waals surface area contributed by atoms with Crippen LogP contribution in [0.15, 0.2) is 30.5 Å². The minimum absolute atomic E-state index is 0.0225. The van der Waals surface area contributed by atoms with E-state index in [1.54, 1.807) is 6.92 Å². The van der Waals surface area contributed by atoms with Crippen molar-refractivity contribution in [3.63, 3.8) is 0 Å². The van der Waals surface area contributed by atoms with Crippen LogP contribution in [0.3, 0.4) is 0 Å². The van der Waals surface area contributed by atoms with E-state index in [4.69, 9.17) is 5.73 Å². The Hall–Kier alpha value is -2.30. The maximum atomic E-state index is 13.5. The number of aryl methyl sites for hydroxylation is 1. The number of anilines is 1. The summed E-state index contributed by atoms with van der Waals surface area (Å²) >= 11 is 0. The number of benzene rings is 1. The fourth-order valence-corrected chi connectivity index (χ4v) is 1.58. The minimum Gasteiger partial charge on any atom is -0.383 e. The molecule has 0 radical (unpaired) electrons. The number of nitrogens with two attached hydrogens (primary N) is 1. The van der Waals surface area contributed by atoms with Crippen LogP contribution in [-0.4, -0.2) is 10.8 Å². The van der Waals surface area contributed by atoms with Gasteiger partial charge in [-0.05, 0) is 30.7 Å². The van der Waals surface area contributed by atoms with Crippen molar-refractivity contribution in [1.29, 1.82) is 0 Å². The van der Waals surface area contributed by atoms with Crippen LogP contribution in [0.2, 0.25) is 0 Å². The molecule has 92 valence electrons. The summed E-state index contributed by atoms with van der Waals surface area (Å²) in [7, 11) is 0. The smallest absolute Gasteiger partial charge is 0.199 e. The number of aromatic nitrogens is 1. The monoisotopic (exact) mass is 248 g/mol. The van der Waals surface area contributed by atoms with Crippen molar-refractivity contribution in [2.24, 2.45) is 0 Å². The van der Waals surface area contributed by atoms with Crippen molar-refractivity contribution in [2.45, 2.75) is 6.92 Å². The van der Waals surface area contributed by atoms with E-state index in [0.29, 0.717) is 6.07 Å². The van der Waals surface area contributed by atoms with Gasteiger partial charge in [0.25, 0.3) is 0 Å². The van der Waals surface area contributed by atoms with Crippen LogP contribution in [0, 0.1) is 18.6 Å². The maximum Gasteiger partial charge on any atom is 0.199 e. The number of rotatable bonds is 2. The third-order valence-electron chi connectivity index (χ3n) is 2.48. The van der Waals surface area contributed by atoms with Crippen LogP contribution in [0.1, 0.15) is 21.5 Å². The molecule has 2 rings (SSSR count). The first kappa shape index (κ1) is 12.2. The number of ketones is 1. The molecular weight excluding hydrogens is 238 g/mol. The van der Waals surface area contributed by atoms with Crippen LogP contribution < -0.4 is 5.73 Å². The second kappa shape index (κ2) is 4.52. The number of nitrogens with zero attached hydrogens (tertiary/aromatic N) is 1. The molecule has 0 amide bonds. The molecule has 18 heavy (non-hydrogen) atoms. The fraction of sp³-hybridized carbons (Fsp3) is 0.0769. The lowest BCUT2D eigenvalue weighted by Crippen LogP contribution is -2.09. The second-order valence-corrected chi connectivity index (χ2v) is 3.90. The second-order valence-electron chi connectivity index (χ2n) is 3.90. The van der Waals surface area contributed by atoms with Crippen LogP contribution >= 0.6 is 0 Å². The molecule has 0 fully saturated rings. The number of halogens is 2. The molecule has 5 heteroatoms. The average molecular weight is 248 g/mol. The highest BCUT2D eigenvalue weighted by molar-refractivity contribution is 6.11. The van der Waals surface area contributed by atoms with Gasteiger partial charge in [0.1, 0.15) is 17.5 Å². The lowest BCUT2D eigenvalue weighted by atomic mass is 10.0. The van der Waals surface area contributed by atoms with E-state index in [1.165, 1.54) is 12.3 Å². The molecular formula is C13H10F2N2O. The Labute approximate surface area is 102 Å². The van der Waals surface area contributed by atoms with Crippen molar-refractivity contribution in [1.82, 2.24) is 4.98 Å². The highest BCUT2D eigenvalue weighted by Crippen LogP contribution is 2.18. The normalized spacial score (nSPS) is 10.4. The van der Waals surface area contributed by atoms with Gasteiger partial charge in [-0.2, -0.15) is 0 Å². The Morgan fingerprint density at radius 1 is 1.22 bits per heavy atom. The van der Waals surface area contributed by atoms with Gasteiger partial charge in [0, 0.05) is 12.3 Å². The summed E-state index contributed by atoms with van der Waals surface area (Å²) in [4.78, 5) is 15.9. The quantitative estimate of drug-likeness (QED) is 0.830. The highest BCUT2D eigenvalue weighted by atomic mass is 19.1. The molecule has 2 aromatic rings. The molecule has 0 saturated carbocycles. The van der Waals surface area contributed by atoms with Gasteiger partial charge in [-0.3, -0.25) is 4.79 Å². The van der Waals surface area contributed by atoms with Gasteiger partial charge in [-0.15, -0.1) is 0 Å². The van der Waals surface area contributed by atoms with Crippen molar-refractivity contribution >= 4 is 11.6 Å². The van der Waals surface area contributed by atoms with Crippen molar-refractivity contribution in [2.75, 3.05) is 5.73 Å². The third-order valence-corrected chi connectivity index (χ3v) is 2.48. The van der Waals surface area contributed by atoms with Crippen LogP contribution in [0.5, 0.6) is 0 Å². The van der Waals surface area contributed by atoms with Gasteiger partial charge in [0.2, 0.25) is 0 Å². The summed E-state index contributed by atoms with van der Waals surface area (Å²) in [6.45, 7) is 1.74. The summed E-state index contributed by atoms with van der Waals surface area (Å²) in [5, 5.41) is 0. The third kappa shape index (κ3) is 2.20. The molecule has 0 atom stereocenters. The number of pyridine rings is 1. The molecule has 0 aliphatic heterocycles. The average Bonchev–Trinajstić information content (AvgIpc) is 2.31. The molecule has 0 bridgehead atoms. The maximum absolute atomic E-state index is 13.5. The van der Waals surface area contributed by atoms with Gasteiger partial charge in [0.05, 0.1) is 11.1 Å². The molecule has 1 aromatic carbocycles. The fourth-order valence-electron chi connectivity index (χ4n) is 1.58. The molecule has 0 saturated heterocycles. The van der Waals surface area contributed by atoms with Crippen molar-refractivity contribution in [3.8, 4) is 0 Å². The van der Waals surface area contributed by atoms with Crippen molar-refractivity contribution < 1.29 is 13.6 Å². The van der Waals surface area contributed by atoms with Crippen molar-refractivity contribution in [3.05, 3.63) is 58.8 Å². The Balaban J connectivity index is 2.51. The Kier molecular flexibility index (Phi) is 3.06. The number of hydrogen-bond donors (Lipinski definition) is 1.